The van der Waals surface area contributed by atoms with E-state index in [9.17, 15) is 9.59 Å². The Hall–Kier alpha value is -2.44. The Labute approximate surface area is 201 Å². The van der Waals surface area contributed by atoms with Crippen LogP contribution in [0.15, 0.2) is 48.6 Å². The molecule has 2 heterocycles. The number of allylic oxidation sites excluding steroid dienone is 1. The number of ether oxygens (including phenoxy) is 1. The number of esters is 1. The number of hydrogen-bond acceptors (Lipinski definition) is 5. The van der Waals surface area contributed by atoms with Crippen LogP contribution in [-0.2, 0) is 16.0 Å². The molecule has 1 aromatic heterocycles. The summed E-state index contributed by atoms with van der Waals surface area (Å²) in [7, 11) is 0. The molecule has 1 fully saturated rings. The van der Waals surface area contributed by atoms with Crippen LogP contribution in [0.1, 0.15) is 78.4 Å². The number of anilines is 1. The summed E-state index contributed by atoms with van der Waals surface area (Å²) in [5.74, 6) is 0.297. The molecular weight excluding hydrogens is 434 g/mol. The molecule has 1 N–H and O–H groups in total. The molecule has 0 radical (unpaired) electrons. The van der Waals surface area contributed by atoms with Crippen LogP contribution in [0.2, 0.25) is 0 Å². The highest BCUT2D eigenvalue weighted by molar-refractivity contribution is 7.13. The molecule has 5 nitrogen and oxygen atoms in total. The van der Waals surface area contributed by atoms with E-state index in [1.165, 1.54) is 42.6 Å². The Kier molecular flexibility index (Phi) is 9.70. The van der Waals surface area contributed by atoms with Gasteiger partial charge in [-0.3, -0.25) is 4.79 Å². The van der Waals surface area contributed by atoms with Gasteiger partial charge in [-0.2, -0.15) is 0 Å². The zero-order valence-corrected chi connectivity index (χ0v) is 20.5. The van der Waals surface area contributed by atoms with Gasteiger partial charge in [-0.1, -0.05) is 57.4 Å². The molecule has 178 valence electrons. The summed E-state index contributed by atoms with van der Waals surface area (Å²) in [6.07, 6.45) is 11.2. The molecule has 33 heavy (non-hydrogen) atoms. The molecule has 2 aromatic rings. The van der Waals surface area contributed by atoms with E-state index in [0.717, 1.165) is 17.0 Å². The molecule has 2 atom stereocenters. The van der Waals surface area contributed by atoms with Gasteiger partial charge in [0.05, 0.1) is 12.6 Å². The molecule has 1 aliphatic heterocycles. The minimum atomic E-state index is -0.403. The fourth-order valence-corrected chi connectivity index (χ4v) is 5.08. The zero-order chi connectivity index (χ0) is 23.6. The topological polar surface area (TPSA) is 66.8 Å². The predicted octanol–water partition coefficient (Wildman–Crippen LogP) is 5.88. The molecule has 1 amide bonds. The van der Waals surface area contributed by atoms with Gasteiger partial charge in [0, 0.05) is 17.0 Å². The number of unbranched alkanes of at least 4 members (excludes halogenated alkanes) is 2. The highest BCUT2D eigenvalue weighted by atomic mass is 32.1. The first kappa shape index (κ1) is 25.2. The van der Waals surface area contributed by atoms with Gasteiger partial charge in [-0.25, -0.2) is 4.79 Å². The molecule has 1 aromatic carbocycles. The van der Waals surface area contributed by atoms with Gasteiger partial charge in [0.1, 0.15) is 11.5 Å². The summed E-state index contributed by atoms with van der Waals surface area (Å²) >= 11 is 1.39. The number of aliphatic hydroxyl groups excluding tert-OH is 1. The van der Waals surface area contributed by atoms with Crippen molar-refractivity contribution in [2.24, 2.45) is 0 Å². The SMILES string of the molecule is CCCCCC(C)c1ccc(N2C(=O)CCC2C=CCc2ccc(C(=O)OCCO)s2)cc1. The average molecular weight is 470 g/mol. The van der Waals surface area contributed by atoms with Gasteiger partial charge in [-0.05, 0) is 55.0 Å². The maximum atomic E-state index is 12.6. The zero-order valence-electron chi connectivity index (χ0n) is 19.7. The van der Waals surface area contributed by atoms with E-state index in [4.69, 9.17) is 9.84 Å². The average Bonchev–Trinajstić information content (AvgIpc) is 3.44. The fraction of sp³-hybridized carbons (Fsp3) is 0.481. The maximum absolute atomic E-state index is 12.6. The van der Waals surface area contributed by atoms with E-state index in [2.05, 4.69) is 50.3 Å². The van der Waals surface area contributed by atoms with Crippen molar-refractivity contribution >= 4 is 28.9 Å². The normalized spacial score (nSPS) is 17.1. The molecule has 6 heteroatoms. The molecular formula is C27H35NO4S. The Morgan fingerprint density at radius 2 is 2.03 bits per heavy atom. The summed E-state index contributed by atoms with van der Waals surface area (Å²) in [5, 5.41) is 8.78. The Morgan fingerprint density at radius 1 is 1.24 bits per heavy atom. The van der Waals surface area contributed by atoms with Crippen molar-refractivity contribution in [1.82, 2.24) is 0 Å². The molecule has 0 aliphatic carbocycles. The molecule has 2 unspecified atom stereocenters. The number of carbonyl (C=O) groups is 2. The van der Waals surface area contributed by atoms with Crippen LogP contribution in [0.4, 0.5) is 5.69 Å². The van der Waals surface area contributed by atoms with Gasteiger partial charge in [0.2, 0.25) is 5.91 Å². The lowest BCUT2D eigenvalue weighted by atomic mass is 9.95. The Morgan fingerprint density at radius 3 is 2.76 bits per heavy atom. The number of amides is 1. The first-order valence-electron chi connectivity index (χ1n) is 12.0. The van der Waals surface area contributed by atoms with Crippen molar-refractivity contribution in [3.63, 3.8) is 0 Å². The van der Waals surface area contributed by atoms with Gasteiger partial charge < -0.3 is 14.7 Å². The second-order valence-corrected chi connectivity index (χ2v) is 9.78. The van der Waals surface area contributed by atoms with E-state index in [0.29, 0.717) is 23.6 Å². The molecule has 0 saturated carbocycles. The first-order valence-corrected chi connectivity index (χ1v) is 12.8. The van der Waals surface area contributed by atoms with Crippen molar-refractivity contribution in [3.8, 4) is 0 Å². The molecule has 0 spiro atoms. The number of benzene rings is 1. The molecule has 0 bridgehead atoms. The third-order valence-electron chi connectivity index (χ3n) is 6.10. The number of hydrogen-bond donors (Lipinski definition) is 1. The third-order valence-corrected chi connectivity index (χ3v) is 7.19. The lowest BCUT2D eigenvalue weighted by Gasteiger charge is -2.23. The number of aliphatic hydroxyl groups is 1. The van der Waals surface area contributed by atoms with Crippen LogP contribution in [0.5, 0.6) is 0 Å². The molecule has 1 saturated heterocycles. The monoisotopic (exact) mass is 469 g/mol. The smallest absolute Gasteiger partial charge is 0.348 e. The van der Waals surface area contributed by atoms with Crippen LogP contribution < -0.4 is 4.90 Å². The first-order chi connectivity index (χ1) is 16.0. The van der Waals surface area contributed by atoms with Crippen LogP contribution in [0, 0.1) is 0 Å². The summed E-state index contributed by atoms with van der Waals surface area (Å²) in [5.41, 5.74) is 2.29. The number of rotatable bonds is 12. The number of thiophene rings is 1. The van der Waals surface area contributed by atoms with Crippen LogP contribution in [-0.4, -0.2) is 36.2 Å². The van der Waals surface area contributed by atoms with E-state index < -0.39 is 5.97 Å². The van der Waals surface area contributed by atoms with Gasteiger partial charge in [0.25, 0.3) is 0 Å². The van der Waals surface area contributed by atoms with Crippen molar-refractivity contribution in [2.75, 3.05) is 18.1 Å². The third kappa shape index (κ3) is 7.02. The van der Waals surface area contributed by atoms with Crippen molar-refractivity contribution in [2.45, 2.75) is 70.8 Å². The summed E-state index contributed by atoms with van der Waals surface area (Å²) in [6, 6.07) is 12.2. The Bertz CT molecular complexity index is 934. The van der Waals surface area contributed by atoms with Crippen LogP contribution in [0.3, 0.4) is 0 Å². The highest BCUT2D eigenvalue weighted by Gasteiger charge is 2.30. The number of carbonyl (C=O) groups excluding carboxylic acids is 2. The van der Waals surface area contributed by atoms with Crippen molar-refractivity contribution in [3.05, 3.63) is 63.9 Å². The standard InChI is InChI=1S/C27H35NO4S/c1-3-4-5-7-20(2)21-10-12-23(13-11-21)28-22(14-17-26(28)30)8-6-9-24-15-16-25(33-24)27(31)32-19-18-29/h6,8,10-13,15-16,20,22,29H,3-5,7,9,14,17-19H2,1-2H3. The van der Waals surface area contributed by atoms with E-state index in [1.54, 1.807) is 6.07 Å². The minimum Gasteiger partial charge on any atom is -0.459 e. The summed E-state index contributed by atoms with van der Waals surface area (Å²) in [6.45, 7) is 4.34. The van der Waals surface area contributed by atoms with Crippen LogP contribution >= 0.6 is 11.3 Å². The van der Waals surface area contributed by atoms with Crippen molar-refractivity contribution in [1.29, 1.82) is 0 Å². The lowest BCUT2D eigenvalue weighted by Crippen LogP contribution is -2.31. The fourth-order valence-electron chi connectivity index (χ4n) is 4.20. The van der Waals surface area contributed by atoms with Gasteiger partial charge in [-0.15, -0.1) is 11.3 Å². The van der Waals surface area contributed by atoms with E-state index in [1.807, 2.05) is 11.0 Å². The van der Waals surface area contributed by atoms with Crippen molar-refractivity contribution < 1.29 is 19.4 Å². The van der Waals surface area contributed by atoms with Gasteiger partial charge in [0.15, 0.2) is 0 Å². The van der Waals surface area contributed by atoms with E-state index in [-0.39, 0.29) is 25.2 Å². The summed E-state index contributed by atoms with van der Waals surface area (Å²) in [4.78, 5) is 28.0. The van der Waals surface area contributed by atoms with Gasteiger partial charge >= 0.3 is 5.97 Å². The lowest BCUT2D eigenvalue weighted by molar-refractivity contribution is -0.117. The maximum Gasteiger partial charge on any atom is 0.348 e. The van der Waals surface area contributed by atoms with E-state index >= 15 is 0 Å². The predicted molar refractivity (Wildman–Crippen MR) is 134 cm³/mol. The largest absolute Gasteiger partial charge is 0.459 e. The molecule has 1 aliphatic rings. The molecule has 3 rings (SSSR count). The number of nitrogens with zero attached hydrogens (tertiary/aromatic N) is 1. The second kappa shape index (κ2) is 12.7. The quantitative estimate of drug-likeness (QED) is 0.240. The minimum absolute atomic E-state index is 0.0102. The van der Waals surface area contributed by atoms with Crippen LogP contribution in [0.25, 0.3) is 0 Å². The Balaban J connectivity index is 1.59. The summed E-state index contributed by atoms with van der Waals surface area (Å²) < 4.78 is 4.96. The highest BCUT2D eigenvalue weighted by Crippen LogP contribution is 2.30. The second-order valence-electron chi connectivity index (χ2n) is 8.62.